The smallest absolute Gasteiger partial charge is 0.275 e. The monoisotopic (exact) mass is 487 g/mol. The number of ether oxygens (including phenoxy) is 3. The van der Waals surface area contributed by atoms with Gasteiger partial charge in [0.05, 0.1) is 31.4 Å². The summed E-state index contributed by atoms with van der Waals surface area (Å²) in [5.41, 5.74) is 2.93. The molecule has 0 atom stereocenters. The third kappa shape index (κ3) is 7.46. The molecule has 1 aliphatic heterocycles. The maximum atomic E-state index is 12.7. The minimum atomic E-state index is -0.229. The summed E-state index contributed by atoms with van der Waals surface area (Å²) in [5, 5.41) is 5.69. The van der Waals surface area contributed by atoms with E-state index in [0.717, 1.165) is 34.7 Å². The molecular weight excluding hydrogens is 454 g/mol. The Hall–Kier alpha value is -2.59. The maximum absolute atomic E-state index is 12.7. The molecule has 0 spiro atoms. The first kappa shape index (κ1) is 26.0. The molecule has 2 heterocycles. The van der Waals surface area contributed by atoms with Gasteiger partial charge < -0.3 is 24.4 Å². The fraction of sp³-hybridized carbons (Fsp3) is 0.480. The molecule has 3 rings (SSSR count). The number of benzene rings is 1. The van der Waals surface area contributed by atoms with E-state index in [1.54, 1.807) is 12.5 Å². The second-order valence-corrected chi connectivity index (χ2v) is 9.05. The van der Waals surface area contributed by atoms with Crippen molar-refractivity contribution in [1.82, 2.24) is 9.88 Å². The molecule has 9 heteroatoms. The van der Waals surface area contributed by atoms with Crippen LogP contribution in [-0.2, 0) is 19.0 Å². The number of methoxy groups -OCH3 is 1. The van der Waals surface area contributed by atoms with E-state index in [2.05, 4.69) is 16.9 Å². The standard InChI is InChI=1S/C25H33N3O5S/c1-18(2)20-6-4-5-7-21(20)26-24(30)22-17-34-25(27-22)19-8-10-28(11-9-19)23(29)16-33-15-14-32-13-12-31-3/h4-7,17,19H,1,8-16H2,2-3H3,(H,26,30). The highest BCUT2D eigenvalue weighted by molar-refractivity contribution is 7.10. The first-order valence-corrected chi connectivity index (χ1v) is 12.3. The number of nitrogens with one attached hydrogen (secondary N) is 1. The van der Waals surface area contributed by atoms with E-state index in [4.69, 9.17) is 14.2 Å². The van der Waals surface area contributed by atoms with Gasteiger partial charge in [0.25, 0.3) is 5.91 Å². The molecule has 1 aromatic heterocycles. The molecule has 8 nitrogen and oxygen atoms in total. The zero-order valence-electron chi connectivity index (χ0n) is 19.9. The summed E-state index contributed by atoms with van der Waals surface area (Å²) < 4.78 is 15.6. The highest BCUT2D eigenvalue weighted by Crippen LogP contribution is 2.31. The number of carbonyl (C=O) groups is 2. The number of piperidine rings is 1. The van der Waals surface area contributed by atoms with Crippen LogP contribution < -0.4 is 5.32 Å². The number of rotatable bonds is 12. The van der Waals surface area contributed by atoms with E-state index in [-0.39, 0.29) is 24.3 Å². The van der Waals surface area contributed by atoms with Gasteiger partial charge in [0.1, 0.15) is 12.3 Å². The van der Waals surface area contributed by atoms with Crippen LogP contribution in [0, 0.1) is 0 Å². The predicted molar refractivity (Wildman–Crippen MR) is 133 cm³/mol. The summed E-state index contributed by atoms with van der Waals surface area (Å²) >= 11 is 1.50. The van der Waals surface area contributed by atoms with Crippen LogP contribution in [0.3, 0.4) is 0 Å². The molecule has 1 aliphatic rings. The first-order valence-electron chi connectivity index (χ1n) is 11.4. The third-order valence-corrected chi connectivity index (χ3v) is 6.62. The molecule has 2 amide bonds. The Morgan fingerprint density at radius 2 is 1.85 bits per heavy atom. The van der Waals surface area contributed by atoms with Gasteiger partial charge in [0, 0.05) is 42.7 Å². The van der Waals surface area contributed by atoms with Crippen molar-refractivity contribution < 1.29 is 23.8 Å². The molecule has 1 aromatic carbocycles. The Balaban J connectivity index is 1.43. The van der Waals surface area contributed by atoms with Crippen LogP contribution in [0.5, 0.6) is 0 Å². The van der Waals surface area contributed by atoms with Gasteiger partial charge in [0.15, 0.2) is 0 Å². The molecule has 1 N–H and O–H groups in total. The molecule has 0 unspecified atom stereocenters. The summed E-state index contributed by atoms with van der Waals surface area (Å²) in [6.45, 7) is 9.14. The second-order valence-electron chi connectivity index (χ2n) is 8.16. The fourth-order valence-electron chi connectivity index (χ4n) is 3.72. The minimum Gasteiger partial charge on any atom is -0.382 e. The first-order chi connectivity index (χ1) is 16.5. The lowest BCUT2D eigenvalue weighted by molar-refractivity contribution is -0.137. The van der Waals surface area contributed by atoms with E-state index in [9.17, 15) is 9.59 Å². The number of aromatic nitrogens is 1. The van der Waals surface area contributed by atoms with Crippen molar-refractivity contribution in [2.75, 3.05) is 58.6 Å². The Kier molecular flexibility index (Phi) is 10.2. The Labute approximate surface area is 204 Å². The highest BCUT2D eigenvalue weighted by Gasteiger charge is 2.26. The predicted octanol–water partition coefficient (Wildman–Crippen LogP) is 3.81. The van der Waals surface area contributed by atoms with E-state index in [0.29, 0.717) is 45.2 Å². The van der Waals surface area contributed by atoms with Gasteiger partial charge in [0.2, 0.25) is 5.91 Å². The van der Waals surface area contributed by atoms with Crippen molar-refractivity contribution in [2.24, 2.45) is 0 Å². The highest BCUT2D eigenvalue weighted by atomic mass is 32.1. The zero-order valence-corrected chi connectivity index (χ0v) is 20.7. The Bertz CT molecular complexity index is 969. The van der Waals surface area contributed by atoms with E-state index >= 15 is 0 Å². The molecule has 0 radical (unpaired) electrons. The maximum Gasteiger partial charge on any atom is 0.275 e. The van der Waals surface area contributed by atoms with Gasteiger partial charge in [-0.3, -0.25) is 9.59 Å². The van der Waals surface area contributed by atoms with Crippen molar-refractivity contribution in [3.05, 3.63) is 52.5 Å². The van der Waals surface area contributed by atoms with Gasteiger partial charge in [-0.05, 0) is 31.4 Å². The SMILES string of the molecule is C=C(C)c1ccccc1NC(=O)c1csc(C2CCN(C(=O)COCCOCCOC)CC2)n1. The van der Waals surface area contributed by atoms with Crippen molar-refractivity contribution in [1.29, 1.82) is 0 Å². The number of thiazole rings is 1. The minimum absolute atomic E-state index is 0.00859. The largest absolute Gasteiger partial charge is 0.382 e. The van der Waals surface area contributed by atoms with Crippen molar-refractivity contribution in [2.45, 2.75) is 25.7 Å². The molecule has 0 aliphatic carbocycles. The van der Waals surface area contributed by atoms with Crippen LogP contribution in [0.25, 0.3) is 5.57 Å². The van der Waals surface area contributed by atoms with Gasteiger partial charge >= 0.3 is 0 Å². The number of amides is 2. The number of para-hydroxylation sites is 1. The summed E-state index contributed by atoms with van der Waals surface area (Å²) in [5.74, 6) is 0.00583. The quantitative estimate of drug-likeness (QED) is 0.458. The lowest BCUT2D eigenvalue weighted by atomic mass is 9.97. The van der Waals surface area contributed by atoms with Gasteiger partial charge in [-0.15, -0.1) is 11.3 Å². The lowest BCUT2D eigenvalue weighted by Crippen LogP contribution is -2.40. The number of nitrogens with zero attached hydrogens (tertiary/aromatic N) is 2. The van der Waals surface area contributed by atoms with E-state index in [1.807, 2.05) is 36.1 Å². The molecule has 0 saturated carbocycles. The number of anilines is 1. The number of likely N-dealkylation sites (tertiary alicyclic amines) is 1. The Morgan fingerprint density at radius 3 is 2.59 bits per heavy atom. The third-order valence-electron chi connectivity index (χ3n) is 5.62. The number of hydrogen-bond donors (Lipinski definition) is 1. The van der Waals surface area contributed by atoms with E-state index < -0.39 is 0 Å². The van der Waals surface area contributed by atoms with Crippen molar-refractivity contribution in [3.8, 4) is 0 Å². The molecular formula is C25H33N3O5S. The van der Waals surface area contributed by atoms with Crippen molar-refractivity contribution in [3.63, 3.8) is 0 Å². The van der Waals surface area contributed by atoms with Gasteiger partial charge in [-0.2, -0.15) is 0 Å². The van der Waals surface area contributed by atoms with Crippen LogP contribution >= 0.6 is 11.3 Å². The number of allylic oxidation sites excluding steroid dienone is 1. The molecule has 34 heavy (non-hydrogen) atoms. The molecule has 184 valence electrons. The van der Waals surface area contributed by atoms with Crippen LogP contribution in [0.2, 0.25) is 0 Å². The van der Waals surface area contributed by atoms with Crippen molar-refractivity contribution >= 4 is 34.4 Å². The van der Waals surface area contributed by atoms with Gasteiger partial charge in [-0.1, -0.05) is 24.8 Å². The summed E-state index contributed by atoms with van der Waals surface area (Å²) in [4.78, 5) is 31.6. The fourth-order valence-corrected chi connectivity index (χ4v) is 4.69. The van der Waals surface area contributed by atoms with Crippen LogP contribution in [-0.4, -0.2) is 74.9 Å². The van der Waals surface area contributed by atoms with Crippen LogP contribution in [0.15, 0.2) is 36.2 Å². The average molecular weight is 488 g/mol. The molecule has 1 fully saturated rings. The number of hydrogen-bond acceptors (Lipinski definition) is 7. The van der Waals surface area contributed by atoms with E-state index in [1.165, 1.54) is 11.3 Å². The normalized spacial score (nSPS) is 14.2. The van der Waals surface area contributed by atoms with Gasteiger partial charge in [-0.25, -0.2) is 4.98 Å². The Morgan fingerprint density at radius 1 is 1.15 bits per heavy atom. The lowest BCUT2D eigenvalue weighted by Gasteiger charge is -2.31. The summed E-state index contributed by atoms with van der Waals surface area (Å²) in [7, 11) is 1.62. The number of carbonyl (C=O) groups excluding carboxylic acids is 2. The molecule has 1 saturated heterocycles. The zero-order chi connectivity index (χ0) is 24.3. The topological polar surface area (TPSA) is 90.0 Å². The second kappa shape index (κ2) is 13.3. The van der Waals surface area contributed by atoms with Crippen LogP contribution in [0.1, 0.15) is 46.7 Å². The molecule has 0 bridgehead atoms. The summed E-state index contributed by atoms with van der Waals surface area (Å²) in [6.07, 6.45) is 1.64. The average Bonchev–Trinajstić information content (AvgIpc) is 3.34. The van der Waals surface area contributed by atoms with Crippen LogP contribution in [0.4, 0.5) is 5.69 Å². The molecule has 2 aromatic rings. The summed E-state index contributed by atoms with van der Waals surface area (Å²) in [6, 6.07) is 7.59.